The van der Waals surface area contributed by atoms with E-state index in [9.17, 15) is 9.59 Å². The Kier molecular flexibility index (Phi) is 10.1. The van der Waals surface area contributed by atoms with E-state index >= 15 is 0 Å². The molecule has 0 spiro atoms. The molecule has 0 aromatic heterocycles. The van der Waals surface area contributed by atoms with Crippen LogP contribution in [0, 0.1) is 0 Å². The quantitative estimate of drug-likeness (QED) is 0.115. The van der Waals surface area contributed by atoms with Gasteiger partial charge in [-0.2, -0.15) is 5.10 Å². The van der Waals surface area contributed by atoms with Gasteiger partial charge in [0.25, 0.3) is 5.91 Å². The van der Waals surface area contributed by atoms with Crippen LogP contribution in [-0.2, 0) is 20.9 Å². The second-order valence-electron chi connectivity index (χ2n) is 8.11. The van der Waals surface area contributed by atoms with Crippen molar-refractivity contribution >= 4 is 35.0 Å². The third-order valence-electron chi connectivity index (χ3n) is 5.21. The average molecular weight is 546 g/mol. The summed E-state index contributed by atoms with van der Waals surface area (Å²) in [7, 11) is 1.24. The standard InChI is InChI=1S/C29H27N3O6S/c1-35-27(33)18-26-28(34)31-29(39-26)32-30-19-22-9-5-10-25(17-22)37-16-6-15-36-23-11-13-24(14-12-23)38-20-21-7-3-2-4-8-21/h2-5,7-14,17-19H,6,15-16,20H2,1H3,(H,31,32,34)/b26-18+,30-19?. The lowest BCUT2D eigenvalue weighted by Crippen LogP contribution is -2.19. The van der Waals surface area contributed by atoms with Crippen molar-refractivity contribution in [3.63, 3.8) is 0 Å². The fourth-order valence-electron chi connectivity index (χ4n) is 3.29. The summed E-state index contributed by atoms with van der Waals surface area (Å²) in [5.74, 6) is 1.21. The fourth-order valence-corrected chi connectivity index (χ4v) is 4.02. The highest BCUT2D eigenvalue weighted by Crippen LogP contribution is 2.23. The van der Waals surface area contributed by atoms with Crippen LogP contribution in [0.5, 0.6) is 17.2 Å². The highest BCUT2D eigenvalue weighted by atomic mass is 32.2. The van der Waals surface area contributed by atoms with Crippen LogP contribution in [0.4, 0.5) is 0 Å². The van der Waals surface area contributed by atoms with Crippen molar-refractivity contribution in [3.05, 3.63) is 101 Å². The zero-order valence-corrected chi connectivity index (χ0v) is 22.1. The number of esters is 1. The lowest BCUT2D eigenvalue weighted by molar-refractivity contribution is -0.135. The van der Waals surface area contributed by atoms with E-state index in [0.29, 0.717) is 32.0 Å². The Morgan fingerprint density at radius 1 is 0.897 bits per heavy atom. The first kappa shape index (κ1) is 27.5. The van der Waals surface area contributed by atoms with Gasteiger partial charge in [0, 0.05) is 12.5 Å². The van der Waals surface area contributed by atoms with Crippen molar-refractivity contribution < 1.29 is 28.5 Å². The minimum absolute atomic E-state index is 0.194. The number of amides is 1. The molecule has 1 N–H and O–H groups in total. The molecule has 4 rings (SSSR count). The van der Waals surface area contributed by atoms with Gasteiger partial charge < -0.3 is 18.9 Å². The van der Waals surface area contributed by atoms with Gasteiger partial charge >= 0.3 is 5.97 Å². The lowest BCUT2D eigenvalue weighted by Gasteiger charge is -2.10. The molecule has 1 aliphatic heterocycles. The van der Waals surface area contributed by atoms with E-state index in [1.165, 1.54) is 7.11 Å². The van der Waals surface area contributed by atoms with Gasteiger partial charge in [-0.15, -0.1) is 5.10 Å². The molecule has 1 amide bonds. The molecule has 0 aliphatic carbocycles. The molecule has 0 bridgehead atoms. The Hall–Kier alpha value is -4.57. The maximum absolute atomic E-state index is 11.9. The molecular weight excluding hydrogens is 518 g/mol. The summed E-state index contributed by atoms with van der Waals surface area (Å²) in [4.78, 5) is 23.4. The number of hydrogen-bond donors (Lipinski definition) is 1. The highest BCUT2D eigenvalue weighted by Gasteiger charge is 2.25. The van der Waals surface area contributed by atoms with Crippen LogP contribution in [0.3, 0.4) is 0 Å². The summed E-state index contributed by atoms with van der Waals surface area (Å²) in [6.07, 6.45) is 3.36. The molecular formula is C29H27N3O6S. The van der Waals surface area contributed by atoms with Crippen LogP contribution in [0.1, 0.15) is 17.5 Å². The van der Waals surface area contributed by atoms with Crippen molar-refractivity contribution in [1.29, 1.82) is 0 Å². The van der Waals surface area contributed by atoms with Crippen LogP contribution < -0.4 is 19.5 Å². The summed E-state index contributed by atoms with van der Waals surface area (Å²) < 4.78 is 21.9. The summed E-state index contributed by atoms with van der Waals surface area (Å²) in [6, 6.07) is 25.0. The van der Waals surface area contributed by atoms with Gasteiger partial charge in [0.15, 0.2) is 5.17 Å². The van der Waals surface area contributed by atoms with Crippen LogP contribution in [-0.4, -0.2) is 43.6 Å². The van der Waals surface area contributed by atoms with E-state index in [2.05, 4.69) is 20.3 Å². The van der Waals surface area contributed by atoms with E-state index in [0.717, 1.165) is 40.5 Å². The van der Waals surface area contributed by atoms with Crippen LogP contribution in [0.2, 0.25) is 0 Å². The topological polar surface area (TPSA) is 108 Å². The second-order valence-corrected chi connectivity index (χ2v) is 9.14. The van der Waals surface area contributed by atoms with Gasteiger partial charge in [-0.25, -0.2) is 4.79 Å². The van der Waals surface area contributed by atoms with Gasteiger partial charge in [0.1, 0.15) is 23.9 Å². The SMILES string of the molecule is COC(=O)/C=C1/S/C(=N\N=Cc2cccc(OCCCOc3ccc(OCc4ccccc4)cc3)c2)NC1=O. The zero-order valence-electron chi connectivity index (χ0n) is 21.2. The molecule has 0 radical (unpaired) electrons. The number of amidine groups is 1. The van der Waals surface area contributed by atoms with E-state index in [-0.39, 0.29) is 10.1 Å². The fraction of sp³-hybridized carbons (Fsp3) is 0.172. The van der Waals surface area contributed by atoms with E-state index in [1.54, 1.807) is 6.21 Å². The van der Waals surface area contributed by atoms with Crippen molar-refractivity contribution in [3.8, 4) is 17.2 Å². The first-order chi connectivity index (χ1) is 19.1. The molecule has 10 heteroatoms. The second kappa shape index (κ2) is 14.4. The predicted octanol–water partition coefficient (Wildman–Crippen LogP) is 4.72. The Labute approximate surface area is 230 Å². The molecule has 0 atom stereocenters. The normalized spacial score (nSPS) is 14.9. The summed E-state index contributed by atoms with van der Waals surface area (Å²) >= 11 is 1.01. The third-order valence-corrected chi connectivity index (χ3v) is 6.11. The van der Waals surface area contributed by atoms with Crippen molar-refractivity contribution in [2.45, 2.75) is 13.0 Å². The Balaban J connectivity index is 1.16. The van der Waals surface area contributed by atoms with E-state index < -0.39 is 11.9 Å². The first-order valence-corrected chi connectivity index (χ1v) is 12.9. The molecule has 9 nitrogen and oxygen atoms in total. The lowest BCUT2D eigenvalue weighted by atomic mass is 10.2. The number of thioether (sulfide) groups is 1. The van der Waals surface area contributed by atoms with Gasteiger partial charge in [-0.05, 0) is 59.3 Å². The van der Waals surface area contributed by atoms with Crippen molar-refractivity contribution in [2.24, 2.45) is 10.2 Å². The number of carbonyl (C=O) groups is 2. The number of ether oxygens (including phenoxy) is 4. The molecule has 1 aliphatic rings. The maximum Gasteiger partial charge on any atom is 0.331 e. The summed E-state index contributed by atoms with van der Waals surface area (Å²) in [6.45, 7) is 1.52. The molecule has 200 valence electrons. The Bertz CT molecular complexity index is 1360. The smallest absolute Gasteiger partial charge is 0.331 e. The third kappa shape index (κ3) is 9.04. The number of nitrogens with one attached hydrogen (secondary N) is 1. The van der Waals surface area contributed by atoms with E-state index in [4.69, 9.17) is 14.2 Å². The Morgan fingerprint density at radius 2 is 1.62 bits per heavy atom. The highest BCUT2D eigenvalue weighted by molar-refractivity contribution is 8.18. The molecule has 39 heavy (non-hydrogen) atoms. The van der Waals surface area contributed by atoms with Crippen LogP contribution in [0.15, 0.2) is 100 Å². The molecule has 1 saturated heterocycles. The Morgan fingerprint density at radius 3 is 2.36 bits per heavy atom. The van der Waals surface area contributed by atoms with Gasteiger partial charge in [0.05, 0.1) is 31.4 Å². The largest absolute Gasteiger partial charge is 0.493 e. The monoisotopic (exact) mass is 545 g/mol. The predicted molar refractivity (Wildman–Crippen MR) is 150 cm³/mol. The first-order valence-electron chi connectivity index (χ1n) is 12.1. The number of hydrogen-bond acceptors (Lipinski definition) is 9. The van der Waals surface area contributed by atoms with Gasteiger partial charge in [-0.1, -0.05) is 42.5 Å². The molecule has 3 aromatic rings. The van der Waals surface area contributed by atoms with Crippen LogP contribution in [0.25, 0.3) is 0 Å². The van der Waals surface area contributed by atoms with Gasteiger partial charge in [-0.3, -0.25) is 10.1 Å². The number of methoxy groups -OCH3 is 1. The zero-order chi connectivity index (χ0) is 27.3. The average Bonchev–Trinajstić information content (AvgIpc) is 3.31. The number of carbonyl (C=O) groups excluding carboxylic acids is 2. The summed E-state index contributed by atoms with van der Waals surface area (Å²) in [5.41, 5.74) is 1.90. The molecule has 1 fully saturated rings. The summed E-state index contributed by atoms with van der Waals surface area (Å²) in [5, 5.41) is 10.8. The van der Waals surface area contributed by atoms with Crippen LogP contribution >= 0.6 is 11.8 Å². The molecule has 1 heterocycles. The van der Waals surface area contributed by atoms with E-state index in [1.807, 2.05) is 78.9 Å². The number of nitrogens with zero attached hydrogens (tertiary/aromatic N) is 2. The molecule has 0 saturated carbocycles. The molecule has 0 unspecified atom stereocenters. The maximum atomic E-state index is 11.9. The van der Waals surface area contributed by atoms with Crippen molar-refractivity contribution in [1.82, 2.24) is 5.32 Å². The number of benzene rings is 3. The minimum Gasteiger partial charge on any atom is -0.493 e. The minimum atomic E-state index is -0.611. The van der Waals surface area contributed by atoms with Crippen molar-refractivity contribution in [2.75, 3.05) is 20.3 Å². The van der Waals surface area contributed by atoms with Gasteiger partial charge in [0.2, 0.25) is 0 Å². The number of rotatable bonds is 12. The molecule has 3 aromatic carbocycles.